The van der Waals surface area contributed by atoms with E-state index < -0.39 is 0 Å². The van der Waals surface area contributed by atoms with Crippen LogP contribution in [-0.2, 0) is 11.3 Å². The molecule has 0 aliphatic heterocycles. The van der Waals surface area contributed by atoms with Crippen LogP contribution in [0.15, 0.2) is 48.5 Å². The molecule has 0 unspecified atom stereocenters. The van der Waals surface area contributed by atoms with Gasteiger partial charge in [-0.25, -0.2) is 0 Å². The van der Waals surface area contributed by atoms with Gasteiger partial charge in [-0.2, -0.15) is 5.26 Å². The summed E-state index contributed by atoms with van der Waals surface area (Å²) in [7, 11) is 0. The molecule has 0 bridgehead atoms. The van der Waals surface area contributed by atoms with Crippen molar-refractivity contribution in [3.8, 4) is 6.07 Å². The zero-order valence-electron chi connectivity index (χ0n) is 17.8. The number of hydrogen-bond acceptors (Lipinski definition) is 4. The largest absolute Gasteiger partial charge is 0.338 e. The van der Waals surface area contributed by atoms with Crippen molar-refractivity contribution >= 4 is 17.5 Å². The summed E-state index contributed by atoms with van der Waals surface area (Å²) < 4.78 is 0. The zero-order valence-corrected chi connectivity index (χ0v) is 17.8. The van der Waals surface area contributed by atoms with Gasteiger partial charge in [-0.1, -0.05) is 31.4 Å². The quantitative estimate of drug-likeness (QED) is 0.675. The minimum Gasteiger partial charge on any atom is -0.338 e. The molecule has 1 fully saturated rings. The summed E-state index contributed by atoms with van der Waals surface area (Å²) in [6, 6.07) is 16.2. The number of carbonyl (C=O) groups excluding carboxylic acids is 2. The summed E-state index contributed by atoms with van der Waals surface area (Å²) in [5.74, 6) is 0.103. The van der Waals surface area contributed by atoms with Crippen molar-refractivity contribution < 1.29 is 9.59 Å². The summed E-state index contributed by atoms with van der Waals surface area (Å²) >= 11 is 0. The van der Waals surface area contributed by atoms with Gasteiger partial charge in [0.05, 0.1) is 11.6 Å². The topological polar surface area (TPSA) is 99.2 Å². The van der Waals surface area contributed by atoms with E-state index in [2.05, 4.69) is 5.32 Å². The van der Waals surface area contributed by atoms with Crippen LogP contribution in [0.3, 0.4) is 0 Å². The number of nitrogens with two attached hydrogens (primary N) is 1. The van der Waals surface area contributed by atoms with E-state index >= 15 is 0 Å². The maximum atomic E-state index is 13.1. The number of hydrogen-bond donors (Lipinski definition) is 2. The lowest BCUT2D eigenvalue weighted by Gasteiger charge is -2.29. The molecular formula is C25H30N4O2. The van der Waals surface area contributed by atoms with Gasteiger partial charge in [0.2, 0.25) is 5.91 Å². The van der Waals surface area contributed by atoms with Crippen molar-refractivity contribution in [1.29, 1.82) is 5.26 Å². The standard InChI is InChI=1S/C25H30N4O2/c26-14-5-15-29(25(31)22-7-2-1-3-8-22)18-20-6-4-9-23(16-20)28-24(30)21-12-10-19(17-27)11-13-21/h4,6,9-13,16,22H,1-3,5,7-8,14-15,18,26H2,(H,28,30). The maximum Gasteiger partial charge on any atom is 0.255 e. The van der Waals surface area contributed by atoms with Gasteiger partial charge in [-0.15, -0.1) is 0 Å². The molecule has 162 valence electrons. The van der Waals surface area contributed by atoms with Crippen LogP contribution in [0.2, 0.25) is 0 Å². The summed E-state index contributed by atoms with van der Waals surface area (Å²) in [4.78, 5) is 27.6. The molecular weight excluding hydrogens is 388 g/mol. The molecule has 2 aromatic carbocycles. The Balaban J connectivity index is 1.68. The van der Waals surface area contributed by atoms with E-state index in [0.717, 1.165) is 37.7 Å². The van der Waals surface area contributed by atoms with Crippen molar-refractivity contribution in [1.82, 2.24) is 4.90 Å². The van der Waals surface area contributed by atoms with E-state index in [1.165, 1.54) is 6.42 Å². The Morgan fingerprint density at radius 3 is 2.52 bits per heavy atom. The fourth-order valence-corrected chi connectivity index (χ4v) is 4.02. The number of amides is 2. The van der Waals surface area contributed by atoms with Gasteiger partial charge in [-0.05, 0) is 67.8 Å². The molecule has 2 amide bonds. The molecule has 0 heterocycles. The molecule has 3 N–H and O–H groups in total. The van der Waals surface area contributed by atoms with Gasteiger partial charge >= 0.3 is 0 Å². The second kappa shape index (κ2) is 11.3. The highest BCUT2D eigenvalue weighted by Gasteiger charge is 2.25. The molecule has 1 aliphatic carbocycles. The zero-order chi connectivity index (χ0) is 22.1. The van der Waals surface area contributed by atoms with Crippen molar-refractivity contribution in [3.05, 3.63) is 65.2 Å². The van der Waals surface area contributed by atoms with Gasteiger partial charge in [-0.3, -0.25) is 9.59 Å². The van der Waals surface area contributed by atoms with E-state index in [1.807, 2.05) is 35.2 Å². The van der Waals surface area contributed by atoms with E-state index in [4.69, 9.17) is 11.0 Å². The van der Waals surface area contributed by atoms with E-state index in [0.29, 0.717) is 36.4 Å². The molecule has 0 saturated heterocycles. The Kier molecular flexibility index (Phi) is 8.19. The Morgan fingerprint density at radius 1 is 1.10 bits per heavy atom. The number of anilines is 1. The van der Waals surface area contributed by atoms with Crippen LogP contribution >= 0.6 is 0 Å². The Labute approximate surface area is 184 Å². The molecule has 1 saturated carbocycles. The smallest absolute Gasteiger partial charge is 0.255 e. The third-order valence-corrected chi connectivity index (χ3v) is 5.73. The third kappa shape index (κ3) is 6.40. The molecule has 0 spiro atoms. The van der Waals surface area contributed by atoms with Gasteiger partial charge in [0.15, 0.2) is 0 Å². The summed E-state index contributed by atoms with van der Waals surface area (Å²) in [5, 5.41) is 11.8. The average molecular weight is 419 g/mol. The van der Waals surface area contributed by atoms with Crippen LogP contribution in [0.4, 0.5) is 5.69 Å². The second-order valence-corrected chi connectivity index (χ2v) is 8.08. The lowest BCUT2D eigenvalue weighted by atomic mass is 9.88. The highest BCUT2D eigenvalue weighted by molar-refractivity contribution is 6.04. The van der Waals surface area contributed by atoms with Crippen LogP contribution in [-0.4, -0.2) is 29.8 Å². The molecule has 1 aliphatic rings. The molecule has 6 heteroatoms. The van der Waals surface area contributed by atoms with E-state index in [9.17, 15) is 9.59 Å². The van der Waals surface area contributed by atoms with Crippen LogP contribution in [0.1, 0.15) is 60.0 Å². The average Bonchev–Trinajstić information content (AvgIpc) is 2.82. The van der Waals surface area contributed by atoms with Gasteiger partial charge in [0.1, 0.15) is 0 Å². The Bertz CT molecular complexity index is 927. The lowest BCUT2D eigenvalue weighted by Crippen LogP contribution is -2.37. The molecule has 31 heavy (non-hydrogen) atoms. The van der Waals surface area contributed by atoms with Gasteiger partial charge < -0.3 is 16.0 Å². The summed E-state index contributed by atoms with van der Waals surface area (Å²) in [5.41, 5.74) is 8.35. The number of rotatable bonds is 8. The highest BCUT2D eigenvalue weighted by atomic mass is 16.2. The Hall–Kier alpha value is -3.17. The van der Waals surface area contributed by atoms with Crippen molar-refractivity contribution in [3.63, 3.8) is 0 Å². The molecule has 2 aromatic rings. The van der Waals surface area contributed by atoms with Gasteiger partial charge in [0, 0.05) is 30.3 Å². The predicted octanol–water partition coefficient (Wildman–Crippen LogP) is 4.07. The van der Waals surface area contributed by atoms with Crippen molar-refractivity contribution in [2.45, 2.75) is 45.1 Å². The minimum absolute atomic E-state index is 0.116. The summed E-state index contributed by atoms with van der Waals surface area (Å²) in [6.07, 6.45) is 6.18. The number of nitriles is 1. The van der Waals surface area contributed by atoms with E-state index in [-0.39, 0.29) is 17.7 Å². The second-order valence-electron chi connectivity index (χ2n) is 8.08. The van der Waals surface area contributed by atoms with Crippen LogP contribution in [0, 0.1) is 17.2 Å². The molecule has 6 nitrogen and oxygen atoms in total. The monoisotopic (exact) mass is 418 g/mol. The number of carbonyl (C=O) groups is 2. The third-order valence-electron chi connectivity index (χ3n) is 5.73. The number of benzene rings is 2. The summed E-state index contributed by atoms with van der Waals surface area (Å²) in [6.45, 7) is 1.71. The Morgan fingerprint density at radius 2 is 1.84 bits per heavy atom. The fraction of sp³-hybridized carbons (Fsp3) is 0.400. The molecule has 0 aromatic heterocycles. The van der Waals surface area contributed by atoms with Crippen LogP contribution in [0.5, 0.6) is 0 Å². The SMILES string of the molecule is N#Cc1ccc(C(=O)Nc2cccc(CN(CCCN)C(=O)C3CCCCC3)c2)cc1. The van der Waals surface area contributed by atoms with Crippen LogP contribution < -0.4 is 11.1 Å². The normalized spacial score (nSPS) is 13.9. The number of nitrogens with zero attached hydrogens (tertiary/aromatic N) is 2. The predicted molar refractivity (Wildman–Crippen MR) is 121 cm³/mol. The van der Waals surface area contributed by atoms with E-state index in [1.54, 1.807) is 24.3 Å². The van der Waals surface area contributed by atoms with Gasteiger partial charge in [0.25, 0.3) is 5.91 Å². The lowest BCUT2D eigenvalue weighted by molar-refractivity contribution is -0.137. The number of nitrogens with one attached hydrogen (secondary N) is 1. The molecule has 0 atom stereocenters. The molecule has 0 radical (unpaired) electrons. The fourth-order valence-electron chi connectivity index (χ4n) is 4.02. The first-order chi connectivity index (χ1) is 15.1. The highest BCUT2D eigenvalue weighted by Crippen LogP contribution is 2.26. The maximum absolute atomic E-state index is 13.1. The molecule has 3 rings (SSSR count). The first kappa shape index (κ1) is 22.5. The van der Waals surface area contributed by atoms with Crippen molar-refractivity contribution in [2.75, 3.05) is 18.4 Å². The van der Waals surface area contributed by atoms with Crippen LogP contribution in [0.25, 0.3) is 0 Å². The van der Waals surface area contributed by atoms with Crippen molar-refractivity contribution in [2.24, 2.45) is 11.7 Å². The first-order valence-corrected chi connectivity index (χ1v) is 11.0. The minimum atomic E-state index is -0.236. The first-order valence-electron chi connectivity index (χ1n) is 11.0.